The maximum Gasteiger partial charge on any atom is 0.238 e. The average molecular weight is 717 g/mol. The molecule has 0 bridgehead atoms. The van der Waals surface area contributed by atoms with Crippen molar-refractivity contribution >= 4 is 43.7 Å². The monoisotopic (exact) mass is 716 g/mol. The molecule has 0 radical (unpaired) electrons. The van der Waals surface area contributed by atoms with Gasteiger partial charge in [-0.25, -0.2) is 4.98 Å². The molecule has 0 atom stereocenters. The Bertz CT molecular complexity index is 3200. The molecule has 11 rings (SSSR count). The van der Waals surface area contributed by atoms with Gasteiger partial charge >= 0.3 is 0 Å². The van der Waals surface area contributed by atoms with Gasteiger partial charge in [-0.1, -0.05) is 164 Å². The minimum absolute atomic E-state index is 0.561. The molecule has 0 fully saturated rings. The van der Waals surface area contributed by atoms with Crippen molar-refractivity contribution in [2.45, 2.75) is 0 Å². The van der Waals surface area contributed by atoms with Crippen LogP contribution in [0.3, 0.4) is 0 Å². The number of benzene rings is 8. The minimum atomic E-state index is 0.561. The van der Waals surface area contributed by atoms with Gasteiger partial charge < -0.3 is 4.42 Å². The Morgan fingerprint density at radius 3 is 1.62 bits per heavy atom. The van der Waals surface area contributed by atoms with Crippen LogP contribution < -0.4 is 0 Å². The predicted molar refractivity (Wildman–Crippen MR) is 229 cm³/mol. The van der Waals surface area contributed by atoms with Gasteiger partial charge in [-0.3, -0.25) is 4.57 Å². The molecule has 5 heteroatoms. The minimum Gasteiger partial charge on any atom is -0.455 e. The molecule has 3 heterocycles. The van der Waals surface area contributed by atoms with Crippen molar-refractivity contribution in [3.63, 3.8) is 0 Å². The summed E-state index contributed by atoms with van der Waals surface area (Å²) < 4.78 is 8.78. The number of hydrogen-bond acceptors (Lipinski definition) is 4. The van der Waals surface area contributed by atoms with Crippen LogP contribution in [0.4, 0.5) is 0 Å². The molecule has 0 unspecified atom stereocenters. The first-order valence-electron chi connectivity index (χ1n) is 18.8. The molecule has 0 aliphatic heterocycles. The second kappa shape index (κ2) is 13.0. The van der Waals surface area contributed by atoms with Crippen LogP contribution in [0.2, 0.25) is 0 Å². The average Bonchev–Trinajstić information content (AvgIpc) is 3.83. The maximum absolute atomic E-state index is 6.62. The highest BCUT2D eigenvalue weighted by atomic mass is 16.3. The van der Waals surface area contributed by atoms with E-state index in [2.05, 4.69) is 168 Å². The third-order valence-electron chi connectivity index (χ3n) is 10.7. The van der Waals surface area contributed by atoms with E-state index in [4.69, 9.17) is 19.4 Å². The summed E-state index contributed by atoms with van der Waals surface area (Å²) in [6, 6.07) is 67.3. The topological polar surface area (TPSA) is 56.7 Å². The zero-order valence-corrected chi connectivity index (χ0v) is 30.2. The van der Waals surface area contributed by atoms with E-state index in [1.165, 1.54) is 0 Å². The lowest BCUT2D eigenvalue weighted by Crippen LogP contribution is -2.07. The molecule has 3 aromatic heterocycles. The van der Waals surface area contributed by atoms with E-state index in [0.29, 0.717) is 17.6 Å². The van der Waals surface area contributed by atoms with Gasteiger partial charge in [-0.05, 0) is 58.1 Å². The van der Waals surface area contributed by atoms with Crippen molar-refractivity contribution in [1.82, 2.24) is 19.5 Å². The van der Waals surface area contributed by atoms with Crippen molar-refractivity contribution in [2.24, 2.45) is 0 Å². The zero-order chi connectivity index (χ0) is 37.0. The number of rotatable bonds is 6. The van der Waals surface area contributed by atoms with Crippen LogP contribution in [0.15, 0.2) is 199 Å². The molecular weight excluding hydrogens is 685 g/mol. The summed E-state index contributed by atoms with van der Waals surface area (Å²) in [5.74, 6) is 1.75. The summed E-state index contributed by atoms with van der Waals surface area (Å²) in [7, 11) is 0. The molecule has 0 aliphatic rings. The number of hydrogen-bond donors (Lipinski definition) is 0. The van der Waals surface area contributed by atoms with Crippen molar-refractivity contribution in [2.75, 3.05) is 0 Å². The molecule has 0 aliphatic carbocycles. The predicted octanol–water partition coefficient (Wildman–Crippen LogP) is 13.2. The first-order valence-corrected chi connectivity index (χ1v) is 18.8. The van der Waals surface area contributed by atoms with Gasteiger partial charge in [0.05, 0.1) is 11.0 Å². The Hall–Kier alpha value is -7.63. The van der Waals surface area contributed by atoms with Crippen molar-refractivity contribution < 1.29 is 4.42 Å². The van der Waals surface area contributed by atoms with Gasteiger partial charge in [0.15, 0.2) is 11.6 Å². The van der Waals surface area contributed by atoms with Crippen molar-refractivity contribution in [1.29, 1.82) is 0 Å². The number of furan rings is 1. The standard InChI is InChI=1S/C51H32N4O/c1-3-16-33(17-4-1)37-22-7-8-25-42(37)50-52-49(53-51(54-50)55-44-27-12-9-23-40(44)41-24-10-13-28-45(41)55)36-21-15-20-35(32-36)38-30-31-39(34-18-5-2-6-19-34)48-47(38)43-26-11-14-29-46(43)56-48/h1-32H. The van der Waals surface area contributed by atoms with E-state index < -0.39 is 0 Å². The maximum atomic E-state index is 6.62. The Kier molecular flexibility index (Phi) is 7.42. The quantitative estimate of drug-likeness (QED) is 0.172. The highest BCUT2D eigenvalue weighted by Crippen LogP contribution is 2.42. The normalized spacial score (nSPS) is 11.6. The number of para-hydroxylation sites is 3. The van der Waals surface area contributed by atoms with E-state index in [0.717, 1.165) is 88.3 Å². The lowest BCUT2D eigenvalue weighted by Gasteiger charge is -2.14. The zero-order valence-electron chi connectivity index (χ0n) is 30.2. The molecule has 8 aromatic carbocycles. The van der Waals surface area contributed by atoms with Gasteiger partial charge in [-0.15, -0.1) is 0 Å². The fourth-order valence-corrected chi connectivity index (χ4v) is 8.14. The second-order valence-corrected chi connectivity index (χ2v) is 14.0. The number of fused-ring (bicyclic) bond motifs is 6. The molecule has 11 aromatic rings. The Morgan fingerprint density at radius 2 is 0.893 bits per heavy atom. The van der Waals surface area contributed by atoms with Crippen LogP contribution in [0, 0.1) is 0 Å². The lowest BCUT2D eigenvalue weighted by molar-refractivity contribution is 0.670. The highest BCUT2D eigenvalue weighted by molar-refractivity contribution is 6.16. The molecule has 262 valence electrons. The van der Waals surface area contributed by atoms with Gasteiger partial charge in [0.1, 0.15) is 11.2 Å². The van der Waals surface area contributed by atoms with Crippen molar-refractivity contribution in [3.05, 3.63) is 194 Å². The Labute approximate surface area is 322 Å². The Balaban J connectivity index is 1.15. The third-order valence-corrected chi connectivity index (χ3v) is 10.7. The second-order valence-electron chi connectivity index (χ2n) is 14.0. The van der Waals surface area contributed by atoms with E-state index in [9.17, 15) is 0 Å². The van der Waals surface area contributed by atoms with Crippen molar-refractivity contribution in [3.8, 4) is 62.1 Å². The summed E-state index contributed by atoms with van der Waals surface area (Å²) in [5, 5.41) is 4.45. The van der Waals surface area contributed by atoms with E-state index >= 15 is 0 Å². The summed E-state index contributed by atoms with van der Waals surface area (Å²) in [5.41, 5.74) is 12.1. The molecular formula is C51H32N4O. The lowest BCUT2D eigenvalue weighted by atomic mass is 9.94. The smallest absolute Gasteiger partial charge is 0.238 e. The van der Waals surface area contributed by atoms with Gasteiger partial charge in [0.2, 0.25) is 5.95 Å². The third kappa shape index (κ3) is 5.21. The fourth-order valence-electron chi connectivity index (χ4n) is 8.14. The molecule has 0 saturated heterocycles. The summed E-state index contributed by atoms with van der Waals surface area (Å²) in [6.45, 7) is 0. The van der Waals surface area contributed by atoms with Crippen LogP contribution >= 0.6 is 0 Å². The highest BCUT2D eigenvalue weighted by Gasteiger charge is 2.21. The SMILES string of the molecule is c1ccc(-c2ccccc2-c2nc(-c3cccc(-c4ccc(-c5ccccc5)c5oc6ccccc6c45)c3)nc(-n3c4ccccc4c4ccccc43)n2)cc1. The summed E-state index contributed by atoms with van der Waals surface area (Å²) in [4.78, 5) is 15.8. The Morgan fingerprint density at radius 1 is 0.357 bits per heavy atom. The van der Waals surface area contributed by atoms with Gasteiger partial charge in [-0.2, -0.15) is 9.97 Å². The number of nitrogens with zero attached hydrogens (tertiary/aromatic N) is 4. The summed E-state index contributed by atoms with van der Waals surface area (Å²) in [6.07, 6.45) is 0. The van der Waals surface area contributed by atoms with Crippen LogP contribution in [-0.2, 0) is 0 Å². The van der Waals surface area contributed by atoms with Crippen LogP contribution in [0.1, 0.15) is 0 Å². The first-order chi connectivity index (χ1) is 27.8. The molecule has 0 saturated carbocycles. The van der Waals surface area contributed by atoms with Gasteiger partial charge in [0.25, 0.3) is 0 Å². The molecule has 5 nitrogen and oxygen atoms in total. The molecule has 56 heavy (non-hydrogen) atoms. The molecule has 0 N–H and O–H groups in total. The fraction of sp³-hybridized carbons (Fsp3) is 0. The van der Waals surface area contributed by atoms with Gasteiger partial charge in [0, 0.05) is 38.2 Å². The summed E-state index contributed by atoms with van der Waals surface area (Å²) >= 11 is 0. The molecule has 0 spiro atoms. The van der Waals surface area contributed by atoms with E-state index in [-0.39, 0.29) is 0 Å². The number of aromatic nitrogens is 4. The van der Waals surface area contributed by atoms with E-state index in [1.54, 1.807) is 0 Å². The molecule has 0 amide bonds. The largest absolute Gasteiger partial charge is 0.455 e. The van der Waals surface area contributed by atoms with E-state index in [1.807, 2.05) is 30.3 Å². The van der Waals surface area contributed by atoms with Crippen LogP contribution in [-0.4, -0.2) is 19.5 Å². The van der Waals surface area contributed by atoms with Crippen LogP contribution in [0.5, 0.6) is 0 Å². The first kappa shape index (κ1) is 31.9. The van der Waals surface area contributed by atoms with Crippen LogP contribution in [0.25, 0.3) is 106 Å².